The molecular weight excluding hydrogens is 266 g/mol. The molecule has 0 aliphatic carbocycles. The minimum atomic E-state index is -0.943. The van der Waals surface area contributed by atoms with E-state index < -0.39 is 5.97 Å². The van der Waals surface area contributed by atoms with Crippen molar-refractivity contribution in [2.24, 2.45) is 0 Å². The molecule has 1 fully saturated rings. The number of carboxylic acids is 1. The van der Waals surface area contributed by atoms with Gasteiger partial charge in [-0.3, -0.25) is 0 Å². The van der Waals surface area contributed by atoms with Crippen LogP contribution in [0.25, 0.3) is 0 Å². The monoisotopic (exact) mass is 289 g/mol. The van der Waals surface area contributed by atoms with Crippen LogP contribution in [-0.4, -0.2) is 65.6 Å². The van der Waals surface area contributed by atoms with E-state index >= 15 is 0 Å². The zero-order valence-corrected chi connectivity index (χ0v) is 11.4. The Morgan fingerprint density at radius 1 is 1.15 bits per heavy atom. The second-order valence-corrected chi connectivity index (χ2v) is 4.37. The molecule has 0 amide bonds. The second kappa shape index (κ2) is 8.33. The summed E-state index contributed by atoms with van der Waals surface area (Å²) in [6, 6.07) is 4.92. The number of carboxylic acid groups (broad SMARTS) is 1. The van der Waals surface area contributed by atoms with E-state index in [-0.39, 0.29) is 22.0 Å². The van der Waals surface area contributed by atoms with Crippen molar-refractivity contribution in [2.45, 2.75) is 0 Å². The van der Waals surface area contributed by atoms with Crippen molar-refractivity contribution in [2.75, 3.05) is 43.9 Å². The lowest BCUT2D eigenvalue weighted by Crippen LogP contribution is -2.44. The highest BCUT2D eigenvalue weighted by atomic mass is 16.4. The van der Waals surface area contributed by atoms with Crippen molar-refractivity contribution < 1.29 is 26.3 Å². The largest absolute Gasteiger partial charge is 0.478 e. The van der Waals surface area contributed by atoms with E-state index in [0.29, 0.717) is 5.69 Å². The van der Waals surface area contributed by atoms with Crippen LogP contribution in [0.4, 0.5) is 11.4 Å². The van der Waals surface area contributed by atoms with Gasteiger partial charge >= 0.3 is 5.97 Å². The Hall–Kier alpha value is -1.87. The normalized spacial score (nSPS) is 14.6. The van der Waals surface area contributed by atoms with E-state index in [0.717, 1.165) is 31.9 Å². The highest BCUT2D eigenvalue weighted by molar-refractivity contribution is 5.90. The number of aromatic carboxylic acids is 1. The minimum absolute atomic E-state index is 0. The Labute approximate surface area is 117 Å². The maximum absolute atomic E-state index is 10.8. The first-order chi connectivity index (χ1) is 8.08. The van der Waals surface area contributed by atoms with Gasteiger partial charge in [0.05, 0.1) is 16.9 Å². The van der Waals surface area contributed by atoms with Crippen LogP contribution < -0.4 is 10.6 Å². The van der Waals surface area contributed by atoms with E-state index in [1.807, 2.05) is 0 Å². The van der Waals surface area contributed by atoms with Crippen LogP contribution in [0.5, 0.6) is 0 Å². The molecule has 1 aromatic carbocycles. The van der Waals surface area contributed by atoms with Gasteiger partial charge in [-0.05, 0) is 25.2 Å². The van der Waals surface area contributed by atoms with Gasteiger partial charge in [0.1, 0.15) is 0 Å². The van der Waals surface area contributed by atoms with E-state index in [1.165, 1.54) is 6.07 Å². The lowest BCUT2D eigenvalue weighted by Gasteiger charge is -2.34. The molecule has 0 saturated carbocycles. The van der Waals surface area contributed by atoms with Gasteiger partial charge in [0.2, 0.25) is 0 Å². The van der Waals surface area contributed by atoms with Crippen molar-refractivity contribution in [1.29, 1.82) is 0 Å². The summed E-state index contributed by atoms with van der Waals surface area (Å²) in [5.74, 6) is -0.943. The number of nitrogens with two attached hydrogens (primary N) is 1. The molecule has 0 radical (unpaired) electrons. The third-order valence-electron chi connectivity index (χ3n) is 3.12. The zero-order valence-electron chi connectivity index (χ0n) is 11.4. The van der Waals surface area contributed by atoms with E-state index in [1.54, 1.807) is 12.1 Å². The third kappa shape index (κ3) is 4.35. The topological polar surface area (TPSA) is 164 Å². The van der Waals surface area contributed by atoms with E-state index in [9.17, 15) is 4.79 Å². The summed E-state index contributed by atoms with van der Waals surface area (Å²) >= 11 is 0. The SMILES string of the molecule is CN1CCN(c2ccc(C(=O)O)cc2N)CC1.O.O.O. The van der Waals surface area contributed by atoms with Gasteiger partial charge in [-0.15, -0.1) is 0 Å². The number of anilines is 2. The molecule has 1 aliphatic heterocycles. The van der Waals surface area contributed by atoms with Crippen molar-refractivity contribution >= 4 is 17.3 Å². The van der Waals surface area contributed by atoms with Crippen molar-refractivity contribution in [3.8, 4) is 0 Å². The Kier molecular flexibility index (Phi) is 8.52. The van der Waals surface area contributed by atoms with E-state index in [4.69, 9.17) is 10.8 Å². The molecule has 1 heterocycles. The van der Waals surface area contributed by atoms with Crippen LogP contribution >= 0.6 is 0 Å². The Morgan fingerprint density at radius 3 is 2.15 bits per heavy atom. The molecule has 1 saturated heterocycles. The van der Waals surface area contributed by atoms with Gasteiger partial charge < -0.3 is 37.1 Å². The number of piperazine rings is 1. The number of likely N-dealkylation sites (N-methyl/N-ethyl adjacent to an activating group) is 1. The Balaban J connectivity index is 0. The highest BCUT2D eigenvalue weighted by Crippen LogP contribution is 2.25. The Bertz CT molecular complexity index is 433. The van der Waals surface area contributed by atoms with Crippen LogP contribution in [0.2, 0.25) is 0 Å². The maximum atomic E-state index is 10.8. The molecule has 2 rings (SSSR count). The molecule has 8 heteroatoms. The third-order valence-corrected chi connectivity index (χ3v) is 3.12. The molecule has 1 aliphatic rings. The summed E-state index contributed by atoms with van der Waals surface area (Å²) in [5.41, 5.74) is 7.61. The molecule has 0 unspecified atom stereocenters. The molecule has 8 nitrogen and oxygen atoms in total. The molecule has 0 atom stereocenters. The number of nitrogens with zero attached hydrogens (tertiary/aromatic N) is 2. The number of nitrogen functional groups attached to an aromatic ring is 1. The molecule has 0 aromatic heterocycles. The number of hydrogen-bond acceptors (Lipinski definition) is 4. The fourth-order valence-corrected chi connectivity index (χ4v) is 2.02. The van der Waals surface area contributed by atoms with Crippen LogP contribution in [0, 0.1) is 0 Å². The minimum Gasteiger partial charge on any atom is -0.478 e. The average Bonchev–Trinajstić information content (AvgIpc) is 2.30. The summed E-state index contributed by atoms with van der Waals surface area (Å²) in [5, 5.41) is 8.87. The van der Waals surface area contributed by atoms with Gasteiger partial charge in [0, 0.05) is 26.2 Å². The fraction of sp³-hybridized carbons (Fsp3) is 0.417. The lowest BCUT2D eigenvalue weighted by atomic mass is 10.1. The van der Waals surface area contributed by atoms with Crippen LogP contribution in [-0.2, 0) is 0 Å². The average molecular weight is 289 g/mol. The Morgan fingerprint density at radius 2 is 1.70 bits per heavy atom. The van der Waals surface area contributed by atoms with Gasteiger partial charge in [-0.2, -0.15) is 0 Å². The molecular formula is C12H23N3O5. The molecule has 0 spiro atoms. The molecule has 1 aromatic rings. The first kappa shape index (κ1) is 20.4. The first-order valence-corrected chi connectivity index (χ1v) is 5.64. The molecule has 116 valence electrons. The van der Waals surface area contributed by atoms with Gasteiger partial charge in [0.15, 0.2) is 0 Å². The molecule has 20 heavy (non-hydrogen) atoms. The van der Waals surface area contributed by atoms with Gasteiger partial charge in [0.25, 0.3) is 0 Å². The number of benzene rings is 1. The van der Waals surface area contributed by atoms with Crippen molar-refractivity contribution in [1.82, 2.24) is 4.90 Å². The standard InChI is InChI=1S/C12H17N3O2.3H2O/c1-14-4-6-15(7-5-14)11-3-2-9(12(16)17)8-10(11)13;;;/h2-3,8H,4-7,13H2,1H3,(H,16,17);3*1H2. The predicted molar refractivity (Wildman–Crippen MR) is 78.4 cm³/mol. The highest BCUT2D eigenvalue weighted by Gasteiger charge is 2.17. The van der Waals surface area contributed by atoms with Crippen LogP contribution in [0.15, 0.2) is 18.2 Å². The van der Waals surface area contributed by atoms with Gasteiger partial charge in [-0.25, -0.2) is 4.79 Å². The number of rotatable bonds is 2. The smallest absolute Gasteiger partial charge is 0.335 e. The quantitative estimate of drug-likeness (QED) is 0.615. The maximum Gasteiger partial charge on any atom is 0.335 e. The van der Waals surface area contributed by atoms with Crippen LogP contribution in [0.3, 0.4) is 0 Å². The summed E-state index contributed by atoms with van der Waals surface area (Å²) < 4.78 is 0. The summed E-state index contributed by atoms with van der Waals surface area (Å²) in [7, 11) is 2.09. The molecule has 0 bridgehead atoms. The van der Waals surface area contributed by atoms with Crippen LogP contribution in [0.1, 0.15) is 10.4 Å². The summed E-state index contributed by atoms with van der Waals surface area (Å²) in [4.78, 5) is 15.3. The fourth-order valence-electron chi connectivity index (χ4n) is 2.02. The first-order valence-electron chi connectivity index (χ1n) is 5.64. The zero-order chi connectivity index (χ0) is 12.4. The summed E-state index contributed by atoms with van der Waals surface area (Å²) in [6.07, 6.45) is 0. The van der Waals surface area contributed by atoms with E-state index in [2.05, 4.69) is 16.8 Å². The van der Waals surface area contributed by atoms with Gasteiger partial charge in [-0.1, -0.05) is 0 Å². The second-order valence-electron chi connectivity index (χ2n) is 4.37. The number of carbonyl (C=O) groups is 1. The van der Waals surface area contributed by atoms with Crippen molar-refractivity contribution in [3.63, 3.8) is 0 Å². The van der Waals surface area contributed by atoms with Crippen molar-refractivity contribution in [3.05, 3.63) is 23.8 Å². The summed E-state index contributed by atoms with van der Waals surface area (Å²) in [6.45, 7) is 3.85. The lowest BCUT2D eigenvalue weighted by molar-refractivity contribution is 0.0697. The number of hydrogen-bond donors (Lipinski definition) is 2. The molecule has 9 N–H and O–H groups in total. The predicted octanol–water partition coefficient (Wildman–Crippen LogP) is -1.76.